The summed E-state index contributed by atoms with van der Waals surface area (Å²) >= 11 is 0. The molecular weight excluding hydrogens is 220 g/mol. The standard InChI is InChI=1S/C8H10N2O4S/c11-4-7-9-8(14-10-7)3-6-1-2-15(12,13)5-6/h4,6H,1-3,5H2. The van der Waals surface area contributed by atoms with Gasteiger partial charge in [-0.25, -0.2) is 8.42 Å². The van der Waals surface area contributed by atoms with Crippen molar-refractivity contribution in [3.8, 4) is 0 Å². The maximum Gasteiger partial charge on any atom is 0.235 e. The molecule has 0 radical (unpaired) electrons. The molecule has 0 amide bonds. The van der Waals surface area contributed by atoms with E-state index < -0.39 is 9.84 Å². The van der Waals surface area contributed by atoms with Gasteiger partial charge in [0.15, 0.2) is 16.1 Å². The minimum Gasteiger partial charge on any atom is -0.339 e. The van der Waals surface area contributed by atoms with E-state index in [2.05, 4.69) is 10.1 Å². The zero-order chi connectivity index (χ0) is 10.9. The normalized spacial score (nSPS) is 24.1. The van der Waals surface area contributed by atoms with E-state index in [1.807, 2.05) is 0 Å². The van der Waals surface area contributed by atoms with Gasteiger partial charge in [0.25, 0.3) is 0 Å². The predicted molar refractivity (Wildman–Crippen MR) is 50.2 cm³/mol. The lowest BCUT2D eigenvalue weighted by Crippen LogP contribution is -2.07. The van der Waals surface area contributed by atoms with Crippen molar-refractivity contribution in [2.75, 3.05) is 11.5 Å². The lowest BCUT2D eigenvalue weighted by Gasteiger charge is -2.01. The molecule has 6 nitrogen and oxygen atoms in total. The van der Waals surface area contributed by atoms with Crippen LogP contribution in [0.15, 0.2) is 4.52 Å². The average molecular weight is 230 g/mol. The van der Waals surface area contributed by atoms with Crippen LogP contribution in [-0.2, 0) is 16.3 Å². The third kappa shape index (κ3) is 2.41. The van der Waals surface area contributed by atoms with Gasteiger partial charge in [-0.1, -0.05) is 5.16 Å². The Kier molecular flexibility index (Phi) is 2.56. The molecular formula is C8H10N2O4S. The van der Waals surface area contributed by atoms with Crippen LogP contribution in [0.2, 0.25) is 0 Å². The second-order valence-electron chi connectivity index (χ2n) is 3.64. The molecule has 1 unspecified atom stereocenters. The number of aldehydes is 1. The molecule has 0 aliphatic carbocycles. The van der Waals surface area contributed by atoms with Crippen LogP contribution in [0.25, 0.3) is 0 Å². The highest BCUT2D eigenvalue weighted by Gasteiger charge is 2.29. The Balaban J connectivity index is 2.01. The average Bonchev–Trinajstić information content (AvgIpc) is 2.73. The van der Waals surface area contributed by atoms with E-state index in [9.17, 15) is 13.2 Å². The topological polar surface area (TPSA) is 90.1 Å². The van der Waals surface area contributed by atoms with Gasteiger partial charge in [-0.2, -0.15) is 4.98 Å². The van der Waals surface area contributed by atoms with E-state index in [0.29, 0.717) is 25.0 Å². The molecule has 15 heavy (non-hydrogen) atoms. The summed E-state index contributed by atoms with van der Waals surface area (Å²) in [5, 5.41) is 3.41. The van der Waals surface area contributed by atoms with E-state index in [0.717, 1.165) is 0 Å². The highest BCUT2D eigenvalue weighted by Crippen LogP contribution is 2.21. The van der Waals surface area contributed by atoms with Crippen molar-refractivity contribution in [3.05, 3.63) is 11.7 Å². The molecule has 1 aliphatic rings. The van der Waals surface area contributed by atoms with Crippen LogP contribution >= 0.6 is 0 Å². The maximum absolute atomic E-state index is 11.2. The van der Waals surface area contributed by atoms with Crippen molar-refractivity contribution in [1.82, 2.24) is 10.1 Å². The lowest BCUT2D eigenvalue weighted by atomic mass is 10.1. The van der Waals surface area contributed by atoms with Gasteiger partial charge in [0, 0.05) is 6.42 Å². The van der Waals surface area contributed by atoms with E-state index in [1.165, 1.54) is 0 Å². The van der Waals surface area contributed by atoms with Crippen molar-refractivity contribution < 1.29 is 17.7 Å². The van der Waals surface area contributed by atoms with Gasteiger partial charge in [-0.3, -0.25) is 4.79 Å². The molecule has 0 saturated carbocycles. The van der Waals surface area contributed by atoms with Gasteiger partial charge in [0.05, 0.1) is 11.5 Å². The molecule has 82 valence electrons. The summed E-state index contributed by atoms with van der Waals surface area (Å²) in [5.41, 5.74) is 0. The number of carbonyl (C=O) groups is 1. The molecule has 1 fully saturated rings. The van der Waals surface area contributed by atoms with Crippen molar-refractivity contribution in [3.63, 3.8) is 0 Å². The van der Waals surface area contributed by atoms with Crippen molar-refractivity contribution >= 4 is 16.1 Å². The number of sulfone groups is 1. The molecule has 1 atom stereocenters. The summed E-state index contributed by atoms with van der Waals surface area (Å²) in [6, 6.07) is 0. The molecule has 2 rings (SSSR count). The molecule has 2 heterocycles. The van der Waals surface area contributed by atoms with Crippen LogP contribution in [0.1, 0.15) is 22.9 Å². The Bertz CT molecular complexity index is 465. The number of hydrogen-bond donors (Lipinski definition) is 0. The number of hydrogen-bond acceptors (Lipinski definition) is 6. The van der Waals surface area contributed by atoms with Crippen LogP contribution in [0.4, 0.5) is 0 Å². The van der Waals surface area contributed by atoms with Crippen LogP contribution in [-0.4, -0.2) is 36.4 Å². The molecule has 1 aromatic rings. The molecule has 0 N–H and O–H groups in total. The summed E-state index contributed by atoms with van der Waals surface area (Å²) < 4.78 is 27.1. The minimum atomic E-state index is -2.87. The summed E-state index contributed by atoms with van der Waals surface area (Å²) in [5.74, 6) is 0.776. The van der Waals surface area contributed by atoms with Crippen LogP contribution in [0, 0.1) is 5.92 Å². The number of aromatic nitrogens is 2. The third-order valence-electron chi connectivity index (χ3n) is 2.38. The number of rotatable bonds is 3. The van der Waals surface area contributed by atoms with E-state index in [4.69, 9.17) is 4.52 Å². The quantitative estimate of drug-likeness (QED) is 0.671. The zero-order valence-electron chi connectivity index (χ0n) is 7.92. The molecule has 0 bridgehead atoms. The SMILES string of the molecule is O=Cc1noc(CC2CCS(=O)(=O)C2)n1. The number of carbonyl (C=O) groups excluding carboxylic acids is 1. The fourth-order valence-corrected chi connectivity index (χ4v) is 3.54. The van der Waals surface area contributed by atoms with Crippen molar-refractivity contribution in [2.24, 2.45) is 5.92 Å². The van der Waals surface area contributed by atoms with E-state index in [1.54, 1.807) is 0 Å². The van der Waals surface area contributed by atoms with Gasteiger partial charge < -0.3 is 4.52 Å². The highest BCUT2D eigenvalue weighted by atomic mass is 32.2. The molecule has 1 saturated heterocycles. The Morgan fingerprint density at radius 3 is 2.87 bits per heavy atom. The summed E-state index contributed by atoms with van der Waals surface area (Å²) in [6.45, 7) is 0. The van der Waals surface area contributed by atoms with Gasteiger partial charge in [-0.15, -0.1) is 0 Å². The van der Waals surface area contributed by atoms with E-state index >= 15 is 0 Å². The van der Waals surface area contributed by atoms with Gasteiger partial charge in [0.2, 0.25) is 11.7 Å². The molecule has 0 spiro atoms. The number of nitrogens with zero attached hydrogens (tertiary/aromatic N) is 2. The molecule has 0 aromatic carbocycles. The van der Waals surface area contributed by atoms with Crippen molar-refractivity contribution in [2.45, 2.75) is 12.8 Å². The Labute approximate surface area is 86.6 Å². The molecule has 7 heteroatoms. The Hall–Kier alpha value is -1.24. The first-order valence-corrected chi connectivity index (χ1v) is 6.39. The summed E-state index contributed by atoms with van der Waals surface area (Å²) in [4.78, 5) is 14.1. The fourth-order valence-electron chi connectivity index (χ4n) is 1.68. The molecule has 1 aliphatic heterocycles. The second-order valence-corrected chi connectivity index (χ2v) is 5.87. The Morgan fingerprint density at radius 1 is 1.53 bits per heavy atom. The van der Waals surface area contributed by atoms with E-state index in [-0.39, 0.29) is 23.2 Å². The van der Waals surface area contributed by atoms with Crippen molar-refractivity contribution in [1.29, 1.82) is 0 Å². The fraction of sp³-hybridized carbons (Fsp3) is 0.625. The smallest absolute Gasteiger partial charge is 0.235 e. The predicted octanol–water partition coefficient (Wildman–Crippen LogP) is -0.141. The van der Waals surface area contributed by atoms with Gasteiger partial charge >= 0.3 is 0 Å². The zero-order valence-corrected chi connectivity index (χ0v) is 8.74. The largest absolute Gasteiger partial charge is 0.339 e. The Morgan fingerprint density at radius 2 is 2.33 bits per heavy atom. The van der Waals surface area contributed by atoms with Crippen LogP contribution in [0.3, 0.4) is 0 Å². The van der Waals surface area contributed by atoms with Crippen LogP contribution < -0.4 is 0 Å². The monoisotopic (exact) mass is 230 g/mol. The van der Waals surface area contributed by atoms with Gasteiger partial charge in [0.1, 0.15) is 0 Å². The first kappa shape index (κ1) is 10.3. The summed E-state index contributed by atoms with van der Waals surface area (Å²) in [6.07, 6.45) is 1.56. The first-order valence-electron chi connectivity index (χ1n) is 4.57. The summed E-state index contributed by atoms with van der Waals surface area (Å²) in [7, 11) is -2.87. The van der Waals surface area contributed by atoms with Crippen LogP contribution in [0.5, 0.6) is 0 Å². The first-order chi connectivity index (χ1) is 7.09. The molecule has 1 aromatic heterocycles. The highest BCUT2D eigenvalue weighted by molar-refractivity contribution is 7.91. The minimum absolute atomic E-state index is 0.00542. The third-order valence-corrected chi connectivity index (χ3v) is 4.22. The lowest BCUT2D eigenvalue weighted by molar-refractivity contribution is 0.111. The van der Waals surface area contributed by atoms with Gasteiger partial charge in [-0.05, 0) is 12.3 Å². The second kappa shape index (κ2) is 3.73. The maximum atomic E-state index is 11.2.